The molecule has 0 N–H and O–H groups in total. The first-order chi connectivity index (χ1) is 7.73. The number of benzene rings is 1. The molecule has 0 saturated carbocycles. The molecule has 1 nitrogen and oxygen atoms in total. The van der Waals surface area contributed by atoms with Gasteiger partial charge in [-0.2, -0.15) is 0 Å². The van der Waals surface area contributed by atoms with Gasteiger partial charge in [-0.25, -0.2) is 0 Å². The quantitative estimate of drug-likeness (QED) is 0.692. The van der Waals surface area contributed by atoms with Crippen LogP contribution in [0.15, 0.2) is 36.5 Å². The SMILES string of the molecule is C=C1N(CC(C)(C)C)c2ccccc2C1(C)C. The molecule has 0 amide bonds. The summed E-state index contributed by atoms with van der Waals surface area (Å²) in [6, 6.07) is 8.67. The van der Waals surface area contributed by atoms with E-state index in [0.717, 1.165) is 6.54 Å². The first-order valence-corrected chi connectivity index (χ1v) is 6.30. The first kappa shape index (κ1) is 12.2. The Morgan fingerprint density at radius 1 is 1.18 bits per heavy atom. The van der Waals surface area contributed by atoms with E-state index in [9.17, 15) is 0 Å². The van der Waals surface area contributed by atoms with Gasteiger partial charge >= 0.3 is 0 Å². The Bertz CT molecular complexity index is 449. The maximum absolute atomic E-state index is 4.31. The minimum Gasteiger partial charge on any atom is -0.344 e. The molecule has 0 aromatic heterocycles. The second kappa shape index (κ2) is 3.63. The Labute approximate surface area is 105 Å². The van der Waals surface area contributed by atoms with Crippen molar-refractivity contribution >= 4 is 5.69 Å². The van der Waals surface area contributed by atoms with E-state index in [1.165, 1.54) is 16.9 Å². The summed E-state index contributed by atoms with van der Waals surface area (Å²) < 4.78 is 0. The average Bonchev–Trinajstić information content (AvgIpc) is 2.39. The lowest BCUT2D eigenvalue weighted by Crippen LogP contribution is -2.32. The van der Waals surface area contributed by atoms with Crippen molar-refractivity contribution < 1.29 is 0 Å². The van der Waals surface area contributed by atoms with Crippen LogP contribution in [0.4, 0.5) is 5.69 Å². The van der Waals surface area contributed by atoms with Crippen LogP contribution >= 0.6 is 0 Å². The van der Waals surface area contributed by atoms with E-state index in [1.807, 2.05) is 0 Å². The van der Waals surface area contributed by atoms with Gasteiger partial charge in [0, 0.05) is 23.3 Å². The highest BCUT2D eigenvalue weighted by Gasteiger charge is 2.39. The highest BCUT2D eigenvalue weighted by Crippen LogP contribution is 2.47. The number of fused-ring (bicyclic) bond motifs is 1. The molecule has 1 aliphatic rings. The molecule has 1 aromatic carbocycles. The summed E-state index contributed by atoms with van der Waals surface area (Å²) in [5.41, 5.74) is 4.28. The van der Waals surface area contributed by atoms with Crippen LogP contribution in [0.3, 0.4) is 0 Å². The number of nitrogens with zero attached hydrogens (tertiary/aromatic N) is 1. The van der Waals surface area contributed by atoms with E-state index in [-0.39, 0.29) is 10.8 Å². The van der Waals surface area contributed by atoms with Gasteiger partial charge in [0.1, 0.15) is 0 Å². The number of hydrogen-bond acceptors (Lipinski definition) is 1. The van der Waals surface area contributed by atoms with Crippen LogP contribution in [0.1, 0.15) is 40.2 Å². The van der Waals surface area contributed by atoms with Crippen molar-refractivity contribution in [2.45, 2.75) is 40.0 Å². The van der Waals surface area contributed by atoms with Gasteiger partial charge in [-0.3, -0.25) is 0 Å². The molecule has 0 radical (unpaired) electrons. The lowest BCUT2D eigenvalue weighted by Gasteiger charge is -2.31. The second-order valence-corrected chi connectivity index (χ2v) is 6.74. The molecular weight excluding hydrogens is 206 g/mol. The zero-order valence-electron chi connectivity index (χ0n) is 11.7. The highest BCUT2D eigenvalue weighted by molar-refractivity contribution is 5.69. The van der Waals surface area contributed by atoms with Crippen molar-refractivity contribution in [1.29, 1.82) is 0 Å². The summed E-state index contributed by atoms with van der Waals surface area (Å²) in [6.07, 6.45) is 0. The predicted octanol–water partition coefficient (Wildman–Crippen LogP) is 4.34. The molecule has 0 spiro atoms. The van der Waals surface area contributed by atoms with E-state index in [2.05, 4.69) is 70.4 Å². The fraction of sp³-hybridized carbons (Fsp3) is 0.500. The summed E-state index contributed by atoms with van der Waals surface area (Å²) in [4.78, 5) is 2.38. The standard InChI is InChI=1S/C16H23N/c1-12-16(5,6)13-9-7-8-10-14(13)17(12)11-15(2,3)4/h7-10H,1,11H2,2-6H3. The van der Waals surface area contributed by atoms with E-state index >= 15 is 0 Å². The minimum atomic E-state index is 0.0574. The van der Waals surface area contributed by atoms with Crippen molar-refractivity contribution in [1.82, 2.24) is 0 Å². The summed E-state index contributed by atoms with van der Waals surface area (Å²) in [5.74, 6) is 0. The number of allylic oxidation sites excluding steroid dienone is 1. The summed E-state index contributed by atoms with van der Waals surface area (Å²) in [6.45, 7) is 16.7. The van der Waals surface area contributed by atoms with Crippen LogP contribution in [0.25, 0.3) is 0 Å². The lowest BCUT2D eigenvalue weighted by atomic mass is 9.84. The summed E-state index contributed by atoms with van der Waals surface area (Å²) in [7, 11) is 0. The average molecular weight is 229 g/mol. The first-order valence-electron chi connectivity index (χ1n) is 6.30. The van der Waals surface area contributed by atoms with Gasteiger partial charge in [0.2, 0.25) is 0 Å². The molecule has 0 atom stereocenters. The van der Waals surface area contributed by atoms with Gasteiger partial charge in [0.25, 0.3) is 0 Å². The molecule has 0 bridgehead atoms. The van der Waals surface area contributed by atoms with Crippen LogP contribution < -0.4 is 4.90 Å². The van der Waals surface area contributed by atoms with Gasteiger partial charge in [-0.1, -0.05) is 59.4 Å². The van der Waals surface area contributed by atoms with Crippen molar-refractivity contribution in [3.8, 4) is 0 Å². The van der Waals surface area contributed by atoms with E-state index in [0.29, 0.717) is 0 Å². The van der Waals surface area contributed by atoms with Crippen LogP contribution in [0, 0.1) is 5.41 Å². The molecule has 0 saturated heterocycles. The number of hydrogen-bond donors (Lipinski definition) is 0. The topological polar surface area (TPSA) is 3.24 Å². The summed E-state index contributed by atoms with van der Waals surface area (Å²) >= 11 is 0. The Morgan fingerprint density at radius 2 is 1.76 bits per heavy atom. The molecule has 2 rings (SSSR count). The normalized spacial score (nSPS) is 18.4. The zero-order chi connectivity index (χ0) is 12.8. The molecule has 1 heteroatoms. The Kier molecular flexibility index (Phi) is 2.61. The number of anilines is 1. The van der Waals surface area contributed by atoms with Crippen LogP contribution in [-0.2, 0) is 5.41 Å². The molecule has 0 unspecified atom stereocenters. The van der Waals surface area contributed by atoms with Crippen LogP contribution in [0.5, 0.6) is 0 Å². The molecule has 1 heterocycles. The Balaban J connectivity index is 2.47. The largest absolute Gasteiger partial charge is 0.344 e. The smallest absolute Gasteiger partial charge is 0.0450 e. The van der Waals surface area contributed by atoms with Crippen LogP contribution in [0.2, 0.25) is 0 Å². The zero-order valence-corrected chi connectivity index (χ0v) is 11.7. The number of para-hydroxylation sites is 1. The molecular formula is C16H23N. The highest BCUT2D eigenvalue weighted by atomic mass is 15.2. The molecule has 17 heavy (non-hydrogen) atoms. The molecule has 1 aromatic rings. The monoisotopic (exact) mass is 229 g/mol. The lowest BCUT2D eigenvalue weighted by molar-refractivity contribution is 0.416. The second-order valence-electron chi connectivity index (χ2n) is 6.74. The fourth-order valence-corrected chi connectivity index (χ4v) is 2.53. The van der Waals surface area contributed by atoms with Gasteiger partial charge in [0.15, 0.2) is 0 Å². The van der Waals surface area contributed by atoms with Gasteiger partial charge in [-0.05, 0) is 17.0 Å². The maximum atomic E-state index is 4.31. The molecule has 1 aliphatic heterocycles. The van der Waals surface area contributed by atoms with Crippen LogP contribution in [-0.4, -0.2) is 6.54 Å². The van der Waals surface area contributed by atoms with Gasteiger partial charge in [0.05, 0.1) is 0 Å². The molecule has 92 valence electrons. The third-order valence-electron chi connectivity index (χ3n) is 3.55. The third-order valence-corrected chi connectivity index (χ3v) is 3.55. The van der Waals surface area contributed by atoms with Gasteiger partial charge in [-0.15, -0.1) is 0 Å². The van der Waals surface area contributed by atoms with Crippen molar-refractivity contribution in [2.24, 2.45) is 5.41 Å². The Hall–Kier alpha value is -1.24. The maximum Gasteiger partial charge on any atom is 0.0450 e. The predicted molar refractivity (Wildman–Crippen MR) is 75.4 cm³/mol. The van der Waals surface area contributed by atoms with Crippen molar-refractivity contribution in [3.63, 3.8) is 0 Å². The van der Waals surface area contributed by atoms with Crippen molar-refractivity contribution in [3.05, 3.63) is 42.1 Å². The summed E-state index contributed by atoms with van der Waals surface area (Å²) in [5, 5.41) is 0. The van der Waals surface area contributed by atoms with Gasteiger partial charge < -0.3 is 4.90 Å². The fourth-order valence-electron chi connectivity index (χ4n) is 2.53. The minimum absolute atomic E-state index is 0.0574. The number of rotatable bonds is 1. The Morgan fingerprint density at radius 3 is 2.35 bits per heavy atom. The van der Waals surface area contributed by atoms with E-state index in [4.69, 9.17) is 0 Å². The van der Waals surface area contributed by atoms with E-state index in [1.54, 1.807) is 0 Å². The van der Waals surface area contributed by atoms with Crippen molar-refractivity contribution in [2.75, 3.05) is 11.4 Å². The molecule has 0 fully saturated rings. The third kappa shape index (κ3) is 1.99. The molecule has 0 aliphatic carbocycles. The van der Waals surface area contributed by atoms with E-state index < -0.39 is 0 Å².